The van der Waals surface area contributed by atoms with Crippen LogP contribution in [0.1, 0.15) is 31.2 Å². The van der Waals surface area contributed by atoms with Gasteiger partial charge in [0.15, 0.2) is 5.65 Å². The van der Waals surface area contributed by atoms with E-state index in [1.807, 2.05) is 31.0 Å². The number of hydrogen-bond donors (Lipinski definition) is 2. The largest absolute Gasteiger partial charge is 0.394 e. The topological polar surface area (TPSA) is 73.9 Å². The average molecular weight is 278 g/mol. The molecule has 2 N–H and O–H groups in total. The molecule has 0 amide bonds. The Morgan fingerprint density at radius 3 is 2.65 bits per heavy atom. The van der Waals surface area contributed by atoms with Gasteiger partial charge in [-0.1, -0.05) is 13.8 Å². The highest BCUT2D eigenvalue weighted by atomic mass is 16.3. The molecule has 6 heteroatoms. The number of likely N-dealkylation sites (N-methyl/N-ethyl adjacent to an activating group) is 1. The van der Waals surface area contributed by atoms with Crippen molar-refractivity contribution in [3.63, 3.8) is 0 Å². The number of nitrogens with zero attached hydrogens (tertiary/aromatic N) is 4. The second-order valence-corrected chi connectivity index (χ2v) is 5.47. The van der Waals surface area contributed by atoms with E-state index in [1.54, 1.807) is 4.52 Å². The van der Waals surface area contributed by atoms with Crippen LogP contribution in [0.25, 0.3) is 5.65 Å². The van der Waals surface area contributed by atoms with Gasteiger partial charge in [0.05, 0.1) is 18.4 Å². The van der Waals surface area contributed by atoms with Crippen LogP contribution in [0.2, 0.25) is 0 Å². The van der Waals surface area contributed by atoms with Crippen molar-refractivity contribution in [3.05, 3.63) is 23.5 Å². The minimum atomic E-state index is -0.776. The zero-order valence-corrected chi connectivity index (χ0v) is 12.4. The zero-order valence-electron chi connectivity index (χ0n) is 12.4. The van der Waals surface area contributed by atoms with Crippen molar-refractivity contribution in [3.8, 4) is 0 Å². The Hall–Kier alpha value is -1.66. The summed E-state index contributed by atoms with van der Waals surface area (Å²) in [5.74, 6) is 1.17. The van der Waals surface area contributed by atoms with E-state index in [0.29, 0.717) is 12.5 Å². The molecule has 0 aliphatic carbocycles. The van der Waals surface area contributed by atoms with Gasteiger partial charge in [-0.05, 0) is 12.8 Å². The van der Waals surface area contributed by atoms with Crippen LogP contribution in [0, 0.1) is 6.92 Å². The first-order valence-corrected chi connectivity index (χ1v) is 6.79. The van der Waals surface area contributed by atoms with E-state index in [1.165, 1.54) is 0 Å². The van der Waals surface area contributed by atoms with Crippen LogP contribution >= 0.6 is 0 Å². The number of aliphatic hydroxyl groups excluding tert-OH is 2. The SMILES string of the molecule is Cc1cc2nc(C(C)C)cc(N(C)C[C@@H](O)CO)n2n1. The third-order valence-electron chi connectivity index (χ3n) is 3.23. The van der Waals surface area contributed by atoms with Crippen LogP contribution in [0.15, 0.2) is 12.1 Å². The fraction of sp³-hybridized carbons (Fsp3) is 0.571. The predicted molar refractivity (Wildman–Crippen MR) is 78.2 cm³/mol. The van der Waals surface area contributed by atoms with Crippen molar-refractivity contribution in [2.24, 2.45) is 0 Å². The Kier molecular flexibility index (Phi) is 4.25. The maximum absolute atomic E-state index is 9.61. The molecule has 0 fully saturated rings. The summed E-state index contributed by atoms with van der Waals surface area (Å²) in [4.78, 5) is 6.48. The zero-order chi connectivity index (χ0) is 14.9. The molecule has 0 aliphatic rings. The summed E-state index contributed by atoms with van der Waals surface area (Å²) in [6, 6.07) is 3.92. The van der Waals surface area contributed by atoms with Crippen molar-refractivity contribution < 1.29 is 10.2 Å². The van der Waals surface area contributed by atoms with Crippen LogP contribution in [-0.4, -0.2) is 51.1 Å². The lowest BCUT2D eigenvalue weighted by atomic mass is 10.1. The summed E-state index contributed by atoms with van der Waals surface area (Å²) in [5, 5.41) is 23.0. The van der Waals surface area contributed by atoms with E-state index in [0.717, 1.165) is 22.9 Å². The van der Waals surface area contributed by atoms with Crippen LogP contribution in [0.4, 0.5) is 5.82 Å². The first-order chi connectivity index (χ1) is 9.42. The highest BCUT2D eigenvalue weighted by Crippen LogP contribution is 2.21. The molecule has 110 valence electrons. The monoisotopic (exact) mass is 278 g/mol. The molecular formula is C14H22N4O2. The Morgan fingerprint density at radius 1 is 1.35 bits per heavy atom. The number of anilines is 1. The Bertz CT molecular complexity index is 594. The fourth-order valence-corrected chi connectivity index (χ4v) is 2.13. The van der Waals surface area contributed by atoms with E-state index in [4.69, 9.17) is 5.11 Å². The van der Waals surface area contributed by atoms with Gasteiger partial charge in [-0.2, -0.15) is 9.61 Å². The molecule has 0 spiro atoms. The van der Waals surface area contributed by atoms with Crippen LogP contribution in [0.5, 0.6) is 0 Å². The molecule has 0 unspecified atom stereocenters. The molecule has 0 saturated heterocycles. The molecule has 6 nitrogen and oxygen atoms in total. The predicted octanol–water partition coefficient (Wildman–Crippen LogP) is 0.951. The Labute approximate surface area is 118 Å². The lowest BCUT2D eigenvalue weighted by molar-refractivity contribution is 0.101. The summed E-state index contributed by atoms with van der Waals surface area (Å²) in [5.41, 5.74) is 2.68. The molecule has 0 radical (unpaired) electrons. The van der Waals surface area contributed by atoms with Gasteiger partial charge in [-0.15, -0.1) is 0 Å². The van der Waals surface area contributed by atoms with E-state index >= 15 is 0 Å². The summed E-state index contributed by atoms with van der Waals surface area (Å²) >= 11 is 0. The van der Waals surface area contributed by atoms with Crippen molar-refractivity contribution >= 4 is 11.5 Å². The standard InChI is InChI=1S/C14H22N4O2/c1-9(2)12-6-14(17(4)7-11(20)8-19)18-13(15-12)5-10(3)16-18/h5-6,9,11,19-20H,7-8H2,1-4H3/t11-/m1/s1. The molecule has 2 heterocycles. The first-order valence-electron chi connectivity index (χ1n) is 6.79. The van der Waals surface area contributed by atoms with Gasteiger partial charge >= 0.3 is 0 Å². The van der Waals surface area contributed by atoms with Gasteiger partial charge in [0.2, 0.25) is 0 Å². The van der Waals surface area contributed by atoms with Crippen molar-refractivity contribution in [1.82, 2.24) is 14.6 Å². The molecule has 2 aromatic heterocycles. The molecule has 0 aliphatic heterocycles. The second-order valence-electron chi connectivity index (χ2n) is 5.47. The van der Waals surface area contributed by atoms with E-state index in [9.17, 15) is 5.11 Å². The molecule has 0 aromatic carbocycles. The number of rotatable bonds is 5. The summed E-state index contributed by atoms with van der Waals surface area (Å²) in [6.07, 6.45) is -0.776. The lowest BCUT2D eigenvalue weighted by Crippen LogP contribution is -2.32. The van der Waals surface area contributed by atoms with Gasteiger partial charge in [0.1, 0.15) is 5.82 Å². The van der Waals surface area contributed by atoms with Crippen molar-refractivity contribution in [2.75, 3.05) is 25.1 Å². The number of aryl methyl sites for hydroxylation is 1. The van der Waals surface area contributed by atoms with E-state index in [-0.39, 0.29) is 6.61 Å². The molecule has 20 heavy (non-hydrogen) atoms. The highest BCUT2D eigenvalue weighted by Gasteiger charge is 2.15. The number of aliphatic hydroxyl groups is 2. The van der Waals surface area contributed by atoms with Gasteiger partial charge in [-0.3, -0.25) is 0 Å². The van der Waals surface area contributed by atoms with Gasteiger partial charge in [0, 0.05) is 31.4 Å². The van der Waals surface area contributed by atoms with E-state index < -0.39 is 6.10 Å². The van der Waals surface area contributed by atoms with Crippen LogP contribution < -0.4 is 4.90 Å². The van der Waals surface area contributed by atoms with Crippen molar-refractivity contribution in [1.29, 1.82) is 0 Å². The van der Waals surface area contributed by atoms with Crippen LogP contribution in [0.3, 0.4) is 0 Å². The normalized spacial score (nSPS) is 13.2. The number of aromatic nitrogens is 3. The molecule has 0 bridgehead atoms. The number of fused-ring (bicyclic) bond motifs is 1. The molecule has 0 saturated carbocycles. The molecular weight excluding hydrogens is 256 g/mol. The fourth-order valence-electron chi connectivity index (χ4n) is 2.13. The van der Waals surface area contributed by atoms with Crippen LogP contribution in [-0.2, 0) is 0 Å². The number of hydrogen-bond acceptors (Lipinski definition) is 5. The first kappa shape index (κ1) is 14.7. The minimum Gasteiger partial charge on any atom is -0.394 e. The molecule has 2 rings (SSSR count). The third-order valence-corrected chi connectivity index (χ3v) is 3.23. The summed E-state index contributed by atoms with van der Waals surface area (Å²) in [7, 11) is 1.87. The summed E-state index contributed by atoms with van der Waals surface area (Å²) in [6.45, 7) is 6.19. The second kappa shape index (κ2) is 5.76. The minimum absolute atomic E-state index is 0.256. The Balaban J connectivity index is 2.48. The maximum Gasteiger partial charge on any atom is 0.157 e. The Morgan fingerprint density at radius 2 is 2.05 bits per heavy atom. The third kappa shape index (κ3) is 2.91. The lowest BCUT2D eigenvalue weighted by Gasteiger charge is -2.23. The van der Waals surface area contributed by atoms with Crippen molar-refractivity contribution in [2.45, 2.75) is 32.8 Å². The highest BCUT2D eigenvalue weighted by molar-refractivity contribution is 5.52. The van der Waals surface area contributed by atoms with Gasteiger partial charge in [-0.25, -0.2) is 4.98 Å². The van der Waals surface area contributed by atoms with E-state index in [2.05, 4.69) is 23.9 Å². The molecule has 1 atom stereocenters. The quantitative estimate of drug-likeness (QED) is 0.852. The summed E-state index contributed by atoms with van der Waals surface area (Å²) < 4.78 is 1.77. The van der Waals surface area contributed by atoms with Gasteiger partial charge < -0.3 is 15.1 Å². The molecule has 2 aromatic rings. The maximum atomic E-state index is 9.61. The average Bonchev–Trinajstić information content (AvgIpc) is 2.76. The van der Waals surface area contributed by atoms with Gasteiger partial charge in [0.25, 0.3) is 0 Å². The smallest absolute Gasteiger partial charge is 0.157 e.